The predicted octanol–water partition coefficient (Wildman–Crippen LogP) is 6.56. The van der Waals surface area contributed by atoms with E-state index in [9.17, 15) is 14.9 Å². The van der Waals surface area contributed by atoms with E-state index >= 15 is 0 Å². The van der Waals surface area contributed by atoms with Gasteiger partial charge in [-0.2, -0.15) is 0 Å². The number of ether oxygens (including phenoxy) is 1. The van der Waals surface area contributed by atoms with Gasteiger partial charge in [0.15, 0.2) is 10.3 Å². The highest BCUT2D eigenvalue weighted by molar-refractivity contribution is 9.10. The van der Waals surface area contributed by atoms with E-state index in [4.69, 9.17) is 4.74 Å². The van der Waals surface area contributed by atoms with E-state index < -0.39 is 4.92 Å². The van der Waals surface area contributed by atoms with Crippen LogP contribution in [0.5, 0.6) is 5.75 Å². The Labute approximate surface area is 227 Å². The van der Waals surface area contributed by atoms with Crippen LogP contribution in [0, 0.1) is 10.1 Å². The SMILES string of the molecule is COc1ccccc1-n1c(SCC(=O)Nc2nc(-c3cccc(Br)c3)cs2)nc2cc([N+](=O)[O-])ccc21. The summed E-state index contributed by atoms with van der Waals surface area (Å²) in [6.45, 7) is 0. The molecule has 186 valence electrons. The summed E-state index contributed by atoms with van der Waals surface area (Å²) in [5, 5.41) is 17.0. The van der Waals surface area contributed by atoms with Crippen molar-refractivity contribution in [3.63, 3.8) is 0 Å². The van der Waals surface area contributed by atoms with Gasteiger partial charge < -0.3 is 10.1 Å². The van der Waals surface area contributed by atoms with Crippen molar-refractivity contribution >= 4 is 66.8 Å². The highest BCUT2D eigenvalue weighted by Gasteiger charge is 2.20. The predicted molar refractivity (Wildman–Crippen MR) is 149 cm³/mol. The van der Waals surface area contributed by atoms with Gasteiger partial charge in [0, 0.05) is 27.5 Å². The van der Waals surface area contributed by atoms with E-state index in [1.807, 2.05) is 58.5 Å². The van der Waals surface area contributed by atoms with Crippen molar-refractivity contribution < 1.29 is 14.5 Å². The van der Waals surface area contributed by atoms with Gasteiger partial charge >= 0.3 is 0 Å². The average molecular weight is 596 g/mol. The molecule has 0 bridgehead atoms. The van der Waals surface area contributed by atoms with Crippen LogP contribution in [0.3, 0.4) is 0 Å². The number of para-hydroxylation sites is 2. The first-order chi connectivity index (χ1) is 17.9. The number of benzene rings is 3. The molecule has 2 heterocycles. The number of hydrogen-bond acceptors (Lipinski definition) is 8. The third-order valence-electron chi connectivity index (χ3n) is 5.35. The molecule has 1 amide bonds. The van der Waals surface area contributed by atoms with E-state index in [0.717, 1.165) is 15.7 Å². The van der Waals surface area contributed by atoms with Crippen LogP contribution in [0.15, 0.2) is 81.7 Å². The minimum absolute atomic E-state index is 0.0588. The molecule has 1 N–H and O–H groups in total. The lowest BCUT2D eigenvalue weighted by Gasteiger charge is -2.12. The summed E-state index contributed by atoms with van der Waals surface area (Å²) in [5.41, 5.74) is 3.48. The fourth-order valence-corrected chi connectivity index (χ4v) is 5.66. The second-order valence-corrected chi connectivity index (χ2v) is 10.4. The van der Waals surface area contributed by atoms with Crippen molar-refractivity contribution in [3.05, 3.63) is 86.7 Å². The molecule has 0 spiro atoms. The normalized spacial score (nSPS) is 11.0. The summed E-state index contributed by atoms with van der Waals surface area (Å²) < 4.78 is 8.32. The molecule has 5 rings (SSSR count). The van der Waals surface area contributed by atoms with Gasteiger partial charge in [0.25, 0.3) is 5.69 Å². The summed E-state index contributed by atoms with van der Waals surface area (Å²) in [4.78, 5) is 32.7. The maximum atomic E-state index is 12.8. The molecule has 2 aromatic heterocycles. The van der Waals surface area contributed by atoms with E-state index in [1.165, 1.54) is 35.2 Å². The number of carbonyl (C=O) groups excluding carboxylic acids is 1. The minimum atomic E-state index is -0.460. The Morgan fingerprint density at radius 2 is 2.00 bits per heavy atom. The maximum Gasteiger partial charge on any atom is 0.271 e. The number of thiazole rings is 1. The van der Waals surface area contributed by atoms with Gasteiger partial charge in [-0.05, 0) is 30.3 Å². The van der Waals surface area contributed by atoms with Crippen LogP contribution >= 0.6 is 39.0 Å². The van der Waals surface area contributed by atoms with Crippen LogP contribution in [-0.4, -0.2) is 38.2 Å². The zero-order valence-electron chi connectivity index (χ0n) is 19.3. The number of nitrogens with one attached hydrogen (secondary N) is 1. The van der Waals surface area contributed by atoms with Crippen LogP contribution in [-0.2, 0) is 4.79 Å². The fraction of sp³-hybridized carbons (Fsp3) is 0.0800. The molecule has 0 atom stereocenters. The molecule has 0 saturated carbocycles. The van der Waals surface area contributed by atoms with Crippen molar-refractivity contribution in [1.29, 1.82) is 0 Å². The topological polar surface area (TPSA) is 112 Å². The summed E-state index contributed by atoms with van der Waals surface area (Å²) >= 11 is 6.02. The Morgan fingerprint density at radius 3 is 2.78 bits per heavy atom. The van der Waals surface area contributed by atoms with Gasteiger partial charge in [0.05, 0.1) is 40.2 Å². The highest BCUT2D eigenvalue weighted by Crippen LogP contribution is 2.34. The Morgan fingerprint density at radius 1 is 1.16 bits per heavy atom. The fourth-order valence-electron chi connectivity index (χ4n) is 3.70. The Kier molecular flexibility index (Phi) is 7.22. The van der Waals surface area contributed by atoms with Gasteiger partial charge in [-0.15, -0.1) is 11.3 Å². The number of thioether (sulfide) groups is 1. The smallest absolute Gasteiger partial charge is 0.271 e. The summed E-state index contributed by atoms with van der Waals surface area (Å²) in [6.07, 6.45) is 0. The number of non-ortho nitro benzene ring substituents is 1. The molecule has 0 aliphatic carbocycles. The third-order valence-corrected chi connectivity index (χ3v) is 7.54. The minimum Gasteiger partial charge on any atom is -0.495 e. The quantitative estimate of drug-likeness (QED) is 0.123. The number of fused-ring (bicyclic) bond motifs is 1. The standard InChI is InChI=1S/C25H18BrN5O4S2/c1-35-22-8-3-2-7-21(22)30-20-10-9-17(31(33)34)12-18(20)28-25(30)37-14-23(32)29-24-27-19(13-36-24)15-5-4-6-16(26)11-15/h2-13H,14H2,1H3,(H,27,29,32). The summed E-state index contributed by atoms with van der Waals surface area (Å²) in [6, 6.07) is 19.7. The third kappa shape index (κ3) is 5.36. The van der Waals surface area contributed by atoms with Crippen molar-refractivity contribution in [2.75, 3.05) is 18.2 Å². The van der Waals surface area contributed by atoms with Crippen LogP contribution in [0.2, 0.25) is 0 Å². The second kappa shape index (κ2) is 10.7. The number of halogens is 1. The summed E-state index contributed by atoms with van der Waals surface area (Å²) in [7, 11) is 1.57. The van der Waals surface area contributed by atoms with Gasteiger partial charge in [-0.25, -0.2) is 9.97 Å². The van der Waals surface area contributed by atoms with E-state index in [0.29, 0.717) is 32.8 Å². The molecule has 5 aromatic rings. The Bertz CT molecular complexity index is 1630. The number of aromatic nitrogens is 3. The lowest BCUT2D eigenvalue weighted by Crippen LogP contribution is -2.14. The molecule has 0 aliphatic rings. The first-order valence-corrected chi connectivity index (χ1v) is 13.5. The number of nitro benzene ring substituents is 1. The average Bonchev–Trinajstić information content (AvgIpc) is 3.51. The lowest BCUT2D eigenvalue weighted by molar-refractivity contribution is -0.384. The van der Waals surface area contributed by atoms with Crippen LogP contribution in [0.1, 0.15) is 0 Å². The molecule has 9 nitrogen and oxygen atoms in total. The highest BCUT2D eigenvalue weighted by atomic mass is 79.9. The van der Waals surface area contributed by atoms with Crippen molar-refractivity contribution in [2.24, 2.45) is 0 Å². The molecule has 0 aliphatic heterocycles. The van der Waals surface area contributed by atoms with Crippen molar-refractivity contribution in [3.8, 4) is 22.7 Å². The van der Waals surface area contributed by atoms with Gasteiger partial charge in [-0.1, -0.05) is 52.0 Å². The molecule has 37 heavy (non-hydrogen) atoms. The molecular weight excluding hydrogens is 578 g/mol. The number of nitrogens with zero attached hydrogens (tertiary/aromatic N) is 4. The number of imidazole rings is 1. The monoisotopic (exact) mass is 595 g/mol. The Hall–Kier alpha value is -3.74. The number of hydrogen-bond donors (Lipinski definition) is 1. The zero-order valence-corrected chi connectivity index (χ0v) is 22.5. The van der Waals surface area contributed by atoms with Crippen molar-refractivity contribution in [2.45, 2.75) is 5.16 Å². The number of methoxy groups -OCH3 is 1. The Balaban J connectivity index is 1.40. The maximum absolute atomic E-state index is 12.8. The molecular formula is C25H18BrN5O4S2. The number of carbonyl (C=O) groups is 1. The van der Waals surface area contributed by atoms with Gasteiger partial charge in [-0.3, -0.25) is 19.5 Å². The number of nitro groups is 1. The number of anilines is 1. The van der Waals surface area contributed by atoms with E-state index in [-0.39, 0.29) is 17.3 Å². The van der Waals surface area contributed by atoms with Crippen LogP contribution in [0.4, 0.5) is 10.8 Å². The summed E-state index contributed by atoms with van der Waals surface area (Å²) in [5.74, 6) is 0.422. The first-order valence-electron chi connectivity index (χ1n) is 10.9. The molecule has 0 fully saturated rings. The molecule has 3 aromatic carbocycles. The van der Waals surface area contributed by atoms with E-state index in [1.54, 1.807) is 13.2 Å². The van der Waals surface area contributed by atoms with Crippen molar-refractivity contribution in [1.82, 2.24) is 14.5 Å². The van der Waals surface area contributed by atoms with Gasteiger partial charge in [0.2, 0.25) is 5.91 Å². The first kappa shape index (κ1) is 24.9. The number of amides is 1. The largest absolute Gasteiger partial charge is 0.495 e. The lowest BCUT2D eigenvalue weighted by atomic mass is 10.2. The molecule has 12 heteroatoms. The number of rotatable bonds is 8. The molecule has 0 unspecified atom stereocenters. The van der Waals surface area contributed by atoms with Crippen LogP contribution in [0.25, 0.3) is 28.0 Å². The molecule has 0 radical (unpaired) electrons. The zero-order chi connectivity index (χ0) is 25.9. The van der Waals surface area contributed by atoms with Gasteiger partial charge in [0.1, 0.15) is 5.75 Å². The van der Waals surface area contributed by atoms with Crippen LogP contribution < -0.4 is 10.1 Å². The molecule has 0 saturated heterocycles. The van der Waals surface area contributed by atoms with E-state index in [2.05, 4.69) is 31.2 Å². The second-order valence-electron chi connectivity index (χ2n) is 7.72.